The van der Waals surface area contributed by atoms with Crippen LogP contribution in [0.25, 0.3) is 10.9 Å². The van der Waals surface area contributed by atoms with Crippen LogP contribution in [0.4, 0.5) is 5.69 Å². The van der Waals surface area contributed by atoms with Gasteiger partial charge in [0, 0.05) is 23.3 Å². The first-order chi connectivity index (χ1) is 15.8. The second kappa shape index (κ2) is 16.2. The molecule has 0 unspecified atom stereocenters. The highest BCUT2D eigenvalue weighted by Gasteiger charge is 2.18. The number of unbranched alkanes of at least 4 members (excludes halogenated alkanes) is 12. The van der Waals surface area contributed by atoms with Crippen LogP contribution in [0.1, 0.15) is 114 Å². The van der Waals surface area contributed by atoms with E-state index in [1.54, 1.807) is 7.11 Å². The molecule has 4 heteroatoms. The van der Waals surface area contributed by atoms with Crippen molar-refractivity contribution in [2.75, 3.05) is 19.0 Å². The van der Waals surface area contributed by atoms with E-state index < -0.39 is 0 Å². The number of aryl methyl sites for hydroxylation is 1. The Morgan fingerprint density at radius 3 is 2.06 bits per heavy atom. The predicted octanol–water partition coefficient (Wildman–Crippen LogP) is 9.05. The Labute approximate surface area is 208 Å². The summed E-state index contributed by atoms with van der Waals surface area (Å²) in [5.41, 5.74) is 5.18. The summed E-state index contributed by atoms with van der Waals surface area (Å²) in [6.07, 6.45) is 23.0. The third-order valence-corrected chi connectivity index (χ3v) is 7.05. The van der Waals surface area contributed by atoms with Gasteiger partial charge in [-0.25, -0.2) is 0 Å². The van der Waals surface area contributed by atoms with Gasteiger partial charge in [-0.1, -0.05) is 84.0 Å². The van der Waals surface area contributed by atoms with Crippen LogP contribution in [0.15, 0.2) is 18.2 Å². The lowest BCUT2D eigenvalue weighted by atomic mass is 9.92. The van der Waals surface area contributed by atoms with Gasteiger partial charge in [-0.2, -0.15) is 0 Å². The number of halogens is 1. The monoisotopic (exact) mass is 474 g/mol. The summed E-state index contributed by atoms with van der Waals surface area (Å²) in [6.45, 7) is 3.35. The van der Waals surface area contributed by atoms with E-state index in [0.717, 1.165) is 30.7 Å². The van der Waals surface area contributed by atoms with E-state index in [1.165, 1.54) is 119 Å². The number of methoxy groups -OCH3 is 1. The average Bonchev–Trinajstić information content (AvgIpc) is 2.83. The van der Waals surface area contributed by atoms with Gasteiger partial charge in [0.2, 0.25) is 0 Å². The van der Waals surface area contributed by atoms with Gasteiger partial charge in [-0.15, -0.1) is 12.4 Å². The number of fused-ring (bicyclic) bond motifs is 2. The number of nitrogens with zero attached hydrogens (tertiary/aromatic N) is 1. The van der Waals surface area contributed by atoms with E-state index in [9.17, 15) is 0 Å². The molecule has 0 amide bonds. The Bertz CT molecular complexity index is 808. The highest BCUT2D eigenvalue weighted by atomic mass is 35.5. The van der Waals surface area contributed by atoms with Gasteiger partial charge in [0.15, 0.2) is 0 Å². The van der Waals surface area contributed by atoms with E-state index >= 15 is 0 Å². The van der Waals surface area contributed by atoms with Crippen molar-refractivity contribution in [2.24, 2.45) is 0 Å². The molecule has 1 heterocycles. The van der Waals surface area contributed by atoms with E-state index in [1.807, 2.05) is 6.07 Å². The maximum atomic E-state index is 5.49. The highest BCUT2D eigenvalue weighted by Crippen LogP contribution is 2.35. The minimum absolute atomic E-state index is 0. The van der Waals surface area contributed by atoms with Crippen molar-refractivity contribution in [3.8, 4) is 5.75 Å². The lowest BCUT2D eigenvalue weighted by Gasteiger charge is -2.22. The van der Waals surface area contributed by atoms with Crippen molar-refractivity contribution in [1.29, 1.82) is 0 Å². The van der Waals surface area contributed by atoms with Crippen molar-refractivity contribution in [3.63, 3.8) is 0 Å². The van der Waals surface area contributed by atoms with Crippen molar-refractivity contribution < 1.29 is 4.74 Å². The number of pyridine rings is 1. The number of hydrogen-bond acceptors (Lipinski definition) is 3. The summed E-state index contributed by atoms with van der Waals surface area (Å²) in [5, 5.41) is 5.03. The zero-order valence-electron chi connectivity index (χ0n) is 21.2. The summed E-state index contributed by atoms with van der Waals surface area (Å²) >= 11 is 0. The van der Waals surface area contributed by atoms with Crippen molar-refractivity contribution in [2.45, 2.75) is 116 Å². The molecule has 3 nitrogen and oxygen atoms in total. The van der Waals surface area contributed by atoms with Crippen LogP contribution in [0.5, 0.6) is 5.75 Å². The number of anilines is 1. The van der Waals surface area contributed by atoms with Gasteiger partial charge in [-0.3, -0.25) is 4.98 Å². The molecule has 0 aliphatic heterocycles. The molecule has 33 heavy (non-hydrogen) atoms. The molecule has 3 rings (SSSR count). The van der Waals surface area contributed by atoms with E-state index in [4.69, 9.17) is 9.72 Å². The van der Waals surface area contributed by atoms with Crippen LogP contribution < -0.4 is 10.1 Å². The maximum absolute atomic E-state index is 5.49. The fourth-order valence-corrected chi connectivity index (χ4v) is 5.09. The lowest BCUT2D eigenvalue weighted by molar-refractivity contribution is 0.415. The van der Waals surface area contributed by atoms with Crippen LogP contribution in [0, 0.1) is 0 Å². The van der Waals surface area contributed by atoms with Crippen LogP contribution >= 0.6 is 12.4 Å². The minimum atomic E-state index is 0. The summed E-state index contributed by atoms with van der Waals surface area (Å²) < 4.78 is 5.49. The van der Waals surface area contributed by atoms with Crippen molar-refractivity contribution in [1.82, 2.24) is 4.98 Å². The molecule has 1 aliphatic carbocycles. The molecule has 2 aromatic rings. The second-order valence-corrected chi connectivity index (χ2v) is 9.67. The molecular formula is C29H47ClN2O. The Kier molecular flexibility index (Phi) is 13.6. The zero-order valence-corrected chi connectivity index (χ0v) is 22.0. The first kappa shape index (κ1) is 27.8. The molecule has 1 N–H and O–H groups in total. The summed E-state index contributed by atoms with van der Waals surface area (Å²) in [6, 6.07) is 6.30. The maximum Gasteiger partial charge on any atom is 0.119 e. The average molecular weight is 475 g/mol. The third kappa shape index (κ3) is 9.00. The molecule has 0 atom stereocenters. The Morgan fingerprint density at radius 1 is 0.818 bits per heavy atom. The number of hydrogen-bond donors (Lipinski definition) is 1. The fourth-order valence-electron chi connectivity index (χ4n) is 5.09. The van der Waals surface area contributed by atoms with Crippen LogP contribution in [-0.2, 0) is 12.8 Å². The van der Waals surface area contributed by atoms with Crippen LogP contribution in [0.3, 0.4) is 0 Å². The largest absolute Gasteiger partial charge is 0.497 e. The summed E-state index contributed by atoms with van der Waals surface area (Å²) in [5.74, 6) is 0.916. The van der Waals surface area contributed by atoms with Crippen molar-refractivity contribution >= 4 is 29.0 Å². The summed E-state index contributed by atoms with van der Waals surface area (Å²) in [7, 11) is 1.74. The number of rotatable bonds is 16. The smallest absolute Gasteiger partial charge is 0.119 e. The molecule has 0 radical (unpaired) electrons. The van der Waals surface area contributed by atoms with Gasteiger partial charge in [0.1, 0.15) is 5.75 Å². The van der Waals surface area contributed by atoms with E-state index in [0.29, 0.717) is 0 Å². The van der Waals surface area contributed by atoms with Gasteiger partial charge in [-0.05, 0) is 55.9 Å². The normalized spacial score (nSPS) is 12.9. The fraction of sp³-hybridized carbons (Fsp3) is 0.690. The Balaban J connectivity index is 0.00000385. The number of nitrogens with one attached hydrogen (secondary N) is 1. The SMILES string of the molecule is CCCCCCCCCCCCCCCNc1c2c(nc3ccc(OC)cc13)CCCC2.Cl. The van der Waals surface area contributed by atoms with Crippen LogP contribution in [0.2, 0.25) is 0 Å². The molecule has 1 aromatic heterocycles. The molecule has 0 saturated heterocycles. The number of benzene rings is 1. The van der Waals surface area contributed by atoms with Gasteiger partial charge in [0.05, 0.1) is 12.6 Å². The number of ether oxygens (including phenoxy) is 1. The topological polar surface area (TPSA) is 34.2 Å². The molecule has 0 saturated carbocycles. The first-order valence-electron chi connectivity index (χ1n) is 13.6. The lowest BCUT2D eigenvalue weighted by Crippen LogP contribution is -2.12. The van der Waals surface area contributed by atoms with E-state index in [2.05, 4.69) is 24.4 Å². The molecule has 0 bridgehead atoms. The zero-order chi connectivity index (χ0) is 22.4. The number of aromatic nitrogens is 1. The second-order valence-electron chi connectivity index (χ2n) is 9.67. The Morgan fingerprint density at radius 2 is 1.42 bits per heavy atom. The molecule has 0 spiro atoms. The van der Waals surface area contributed by atoms with Gasteiger partial charge in [0.25, 0.3) is 0 Å². The third-order valence-electron chi connectivity index (χ3n) is 7.05. The standard InChI is InChI=1S/C29H46N2O.ClH/c1-3-4-5-6-7-8-9-10-11-12-13-14-17-22-30-29-25-18-15-16-19-27(25)31-28-21-20-24(32-2)23-26(28)29;/h20-21,23H,3-19,22H2,1-2H3,(H,30,31);1H. The molecule has 0 fully saturated rings. The minimum Gasteiger partial charge on any atom is -0.497 e. The predicted molar refractivity (Wildman–Crippen MR) is 146 cm³/mol. The van der Waals surface area contributed by atoms with Gasteiger partial charge >= 0.3 is 0 Å². The first-order valence-corrected chi connectivity index (χ1v) is 13.6. The van der Waals surface area contributed by atoms with E-state index in [-0.39, 0.29) is 12.4 Å². The highest BCUT2D eigenvalue weighted by molar-refractivity contribution is 5.94. The van der Waals surface area contributed by atoms with Gasteiger partial charge < -0.3 is 10.1 Å². The molecular weight excluding hydrogens is 428 g/mol. The van der Waals surface area contributed by atoms with Crippen LogP contribution in [-0.4, -0.2) is 18.6 Å². The quantitative estimate of drug-likeness (QED) is 0.246. The molecule has 186 valence electrons. The molecule has 1 aromatic carbocycles. The Hall–Kier alpha value is -1.48. The summed E-state index contributed by atoms with van der Waals surface area (Å²) in [4.78, 5) is 4.97. The molecule has 1 aliphatic rings. The van der Waals surface area contributed by atoms with Crippen molar-refractivity contribution in [3.05, 3.63) is 29.5 Å².